The van der Waals surface area contributed by atoms with Gasteiger partial charge in [-0.05, 0) is 24.6 Å². The number of rotatable bonds is 5. The molecule has 2 N–H and O–H groups in total. The first kappa shape index (κ1) is 20.7. The first-order valence-electron chi connectivity index (χ1n) is 10.3. The fourth-order valence-electron chi connectivity index (χ4n) is 3.82. The molecule has 10 heteroatoms. The Labute approximate surface area is 178 Å². The Hall–Kier alpha value is -3.53. The van der Waals surface area contributed by atoms with Crippen molar-refractivity contribution >= 4 is 22.5 Å². The minimum Gasteiger partial charge on any atom is -0.366 e. The molecule has 1 aliphatic rings. The molecule has 1 aromatic carbocycles. The summed E-state index contributed by atoms with van der Waals surface area (Å²) in [7, 11) is 1.55. The molecule has 0 unspecified atom stereocenters. The Balaban J connectivity index is 1.42. The Morgan fingerprint density at radius 3 is 2.48 bits per heavy atom. The number of aromatic amines is 1. The second-order valence-electron chi connectivity index (χ2n) is 7.47. The molecule has 3 heterocycles. The highest BCUT2D eigenvalue weighted by atomic mass is 16.2. The molecule has 0 radical (unpaired) electrons. The van der Waals surface area contributed by atoms with Crippen LogP contribution >= 0.6 is 0 Å². The lowest BCUT2D eigenvalue weighted by Crippen LogP contribution is -2.46. The van der Waals surface area contributed by atoms with Crippen molar-refractivity contribution in [2.75, 3.05) is 38.1 Å². The van der Waals surface area contributed by atoms with E-state index in [4.69, 9.17) is 0 Å². The van der Waals surface area contributed by atoms with Gasteiger partial charge < -0.3 is 15.2 Å². The first-order chi connectivity index (χ1) is 15.0. The van der Waals surface area contributed by atoms with Gasteiger partial charge in [0.25, 0.3) is 11.5 Å². The van der Waals surface area contributed by atoms with Gasteiger partial charge in [0.15, 0.2) is 0 Å². The molecule has 0 spiro atoms. The van der Waals surface area contributed by atoms with E-state index < -0.39 is 0 Å². The zero-order valence-corrected chi connectivity index (χ0v) is 17.6. The molecule has 1 aliphatic heterocycles. The SMILES string of the molecule is CCn1c(=O)[nH]c2cc(CN3CCN(c4cnc(C(=O)NC)nc4)CC3)ccc2c1=O. The first-order valence-corrected chi connectivity index (χ1v) is 10.3. The Kier molecular flexibility index (Phi) is 5.81. The van der Waals surface area contributed by atoms with Gasteiger partial charge in [-0.15, -0.1) is 0 Å². The topological polar surface area (TPSA) is 116 Å². The van der Waals surface area contributed by atoms with Crippen LogP contribution in [0.2, 0.25) is 0 Å². The average molecular weight is 423 g/mol. The number of carbonyl (C=O) groups excluding carboxylic acids is 1. The third-order valence-electron chi connectivity index (χ3n) is 5.57. The zero-order valence-electron chi connectivity index (χ0n) is 17.6. The van der Waals surface area contributed by atoms with Crippen molar-refractivity contribution < 1.29 is 4.79 Å². The van der Waals surface area contributed by atoms with Crippen LogP contribution in [0.25, 0.3) is 10.9 Å². The highest BCUT2D eigenvalue weighted by molar-refractivity contribution is 5.90. The van der Waals surface area contributed by atoms with E-state index in [0.29, 0.717) is 17.4 Å². The lowest BCUT2D eigenvalue weighted by atomic mass is 10.1. The van der Waals surface area contributed by atoms with Gasteiger partial charge in [0.05, 0.1) is 29.0 Å². The van der Waals surface area contributed by atoms with Crippen molar-refractivity contribution in [1.29, 1.82) is 0 Å². The summed E-state index contributed by atoms with van der Waals surface area (Å²) in [5.41, 5.74) is 1.87. The summed E-state index contributed by atoms with van der Waals surface area (Å²) in [5.74, 6) is -0.147. The van der Waals surface area contributed by atoms with Crippen LogP contribution in [-0.4, -0.2) is 63.6 Å². The number of fused-ring (bicyclic) bond motifs is 1. The van der Waals surface area contributed by atoms with Gasteiger partial charge in [0, 0.05) is 46.3 Å². The zero-order chi connectivity index (χ0) is 22.0. The van der Waals surface area contributed by atoms with Crippen LogP contribution in [-0.2, 0) is 13.1 Å². The largest absolute Gasteiger partial charge is 0.366 e. The average Bonchev–Trinajstić information content (AvgIpc) is 2.79. The van der Waals surface area contributed by atoms with Gasteiger partial charge in [-0.3, -0.25) is 19.1 Å². The molecular formula is C21H25N7O3. The van der Waals surface area contributed by atoms with Crippen LogP contribution in [0.5, 0.6) is 0 Å². The Morgan fingerprint density at radius 2 is 1.84 bits per heavy atom. The summed E-state index contributed by atoms with van der Waals surface area (Å²) in [4.78, 5) is 51.7. The van der Waals surface area contributed by atoms with Crippen molar-refractivity contribution in [3.8, 4) is 0 Å². The number of hydrogen-bond donors (Lipinski definition) is 2. The lowest BCUT2D eigenvalue weighted by molar-refractivity contribution is 0.0952. The molecule has 1 fully saturated rings. The van der Waals surface area contributed by atoms with Gasteiger partial charge in [0.1, 0.15) is 0 Å². The van der Waals surface area contributed by atoms with Crippen molar-refractivity contribution in [2.45, 2.75) is 20.0 Å². The highest BCUT2D eigenvalue weighted by Gasteiger charge is 2.19. The van der Waals surface area contributed by atoms with E-state index in [9.17, 15) is 14.4 Å². The molecule has 0 bridgehead atoms. The molecule has 1 amide bonds. The predicted molar refractivity (Wildman–Crippen MR) is 117 cm³/mol. The third kappa shape index (κ3) is 4.19. The van der Waals surface area contributed by atoms with Gasteiger partial charge in [-0.25, -0.2) is 14.8 Å². The minimum absolute atomic E-state index is 0.157. The van der Waals surface area contributed by atoms with Crippen LogP contribution < -0.4 is 21.5 Å². The maximum atomic E-state index is 12.4. The summed E-state index contributed by atoms with van der Waals surface area (Å²) < 4.78 is 1.20. The molecule has 2 aromatic heterocycles. The number of nitrogens with zero attached hydrogens (tertiary/aromatic N) is 5. The molecule has 0 saturated carbocycles. The number of H-pyrrole nitrogens is 1. The fourth-order valence-corrected chi connectivity index (χ4v) is 3.82. The van der Waals surface area contributed by atoms with Crippen molar-refractivity contribution in [3.63, 3.8) is 0 Å². The van der Waals surface area contributed by atoms with Gasteiger partial charge in [-0.1, -0.05) is 6.07 Å². The third-order valence-corrected chi connectivity index (χ3v) is 5.57. The molecule has 4 rings (SSSR count). The van der Waals surface area contributed by atoms with E-state index in [0.717, 1.165) is 44.0 Å². The maximum Gasteiger partial charge on any atom is 0.328 e. The molecule has 0 atom stereocenters. The van der Waals surface area contributed by atoms with E-state index in [1.165, 1.54) is 4.57 Å². The minimum atomic E-state index is -0.379. The Morgan fingerprint density at radius 1 is 1.13 bits per heavy atom. The maximum absolute atomic E-state index is 12.4. The summed E-state index contributed by atoms with van der Waals surface area (Å²) in [6.45, 7) is 6.18. The van der Waals surface area contributed by atoms with E-state index in [2.05, 4.69) is 30.1 Å². The normalized spacial score (nSPS) is 14.7. The number of anilines is 1. The van der Waals surface area contributed by atoms with Crippen LogP contribution in [0.15, 0.2) is 40.2 Å². The van der Waals surface area contributed by atoms with Crippen molar-refractivity contribution in [2.24, 2.45) is 0 Å². The van der Waals surface area contributed by atoms with E-state index in [1.54, 1.807) is 32.4 Å². The molecule has 10 nitrogen and oxygen atoms in total. The summed E-state index contributed by atoms with van der Waals surface area (Å²) >= 11 is 0. The van der Waals surface area contributed by atoms with Crippen molar-refractivity contribution in [1.82, 2.24) is 29.7 Å². The summed E-state index contributed by atoms with van der Waals surface area (Å²) in [6, 6.07) is 5.62. The molecule has 0 aliphatic carbocycles. The highest BCUT2D eigenvalue weighted by Crippen LogP contribution is 2.17. The second-order valence-corrected chi connectivity index (χ2v) is 7.47. The van der Waals surface area contributed by atoms with Gasteiger partial charge in [0.2, 0.25) is 5.82 Å². The predicted octanol–water partition coefficient (Wildman–Crippen LogP) is 0.182. The number of aromatic nitrogens is 4. The van der Waals surface area contributed by atoms with Gasteiger partial charge in [-0.2, -0.15) is 0 Å². The standard InChI is InChI=1S/C21H25N7O3/c1-3-28-20(30)16-5-4-14(10-17(16)25-21(28)31)13-26-6-8-27(9-7-26)15-11-23-18(24-12-15)19(29)22-2/h4-5,10-12H,3,6-9,13H2,1-2H3,(H,22,29)(H,25,31). The van der Waals surface area contributed by atoms with Crippen LogP contribution in [0.1, 0.15) is 23.1 Å². The molecular weight excluding hydrogens is 398 g/mol. The quantitative estimate of drug-likeness (QED) is 0.601. The monoisotopic (exact) mass is 423 g/mol. The number of nitrogens with one attached hydrogen (secondary N) is 2. The fraction of sp³-hybridized carbons (Fsp3) is 0.381. The number of benzene rings is 1. The molecule has 3 aromatic rings. The smallest absolute Gasteiger partial charge is 0.328 e. The molecule has 162 valence electrons. The summed E-state index contributed by atoms with van der Waals surface area (Å²) in [5, 5.41) is 3.03. The van der Waals surface area contributed by atoms with Crippen LogP contribution in [0.4, 0.5) is 5.69 Å². The van der Waals surface area contributed by atoms with E-state index in [-0.39, 0.29) is 23.0 Å². The summed E-state index contributed by atoms with van der Waals surface area (Å²) in [6.07, 6.45) is 3.35. The van der Waals surface area contributed by atoms with Crippen LogP contribution in [0.3, 0.4) is 0 Å². The van der Waals surface area contributed by atoms with E-state index >= 15 is 0 Å². The number of piperazine rings is 1. The molecule has 31 heavy (non-hydrogen) atoms. The lowest BCUT2D eigenvalue weighted by Gasteiger charge is -2.35. The number of carbonyl (C=O) groups is 1. The van der Waals surface area contributed by atoms with E-state index in [1.807, 2.05) is 12.1 Å². The number of hydrogen-bond acceptors (Lipinski definition) is 7. The Bertz CT molecular complexity index is 1210. The molecule has 1 saturated heterocycles. The number of amides is 1. The second kappa shape index (κ2) is 8.68. The van der Waals surface area contributed by atoms with Crippen LogP contribution in [0, 0.1) is 0 Å². The van der Waals surface area contributed by atoms with Crippen molar-refractivity contribution in [3.05, 3.63) is 62.8 Å². The van der Waals surface area contributed by atoms with Gasteiger partial charge >= 0.3 is 5.69 Å².